The molecule has 3 aromatic carbocycles. The number of anilines is 1. The lowest BCUT2D eigenvalue weighted by Crippen LogP contribution is -2.41. The molecule has 0 spiro atoms. The summed E-state index contributed by atoms with van der Waals surface area (Å²) in [5.41, 5.74) is 1.99. The first-order valence-electron chi connectivity index (χ1n) is 8.24. The van der Waals surface area contributed by atoms with E-state index >= 15 is 0 Å². The van der Waals surface area contributed by atoms with Gasteiger partial charge in [0.25, 0.3) is 5.91 Å². The average molecular weight is 331 g/mol. The number of amides is 1. The van der Waals surface area contributed by atoms with Crippen molar-refractivity contribution in [2.45, 2.75) is 19.4 Å². The summed E-state index contributed by atoms with van der Waals surface area (Å²) in [6.07, 6.45) is 0. The molecule has 0 aliphatic carbocycles. The van der Waals surface area contributed by atoms with Crippen molar-refractivity contribution in [1.82, 2.24) is 0 Å². The Kier molecular flexibility index (Phi) is 4.68. The van der Waals surface area contributed by atoms with E-state index in [4.69, 9.17) is 0 Å². The molecule has 0 aliphatic rings. The van der Waals surface area contributed by atoms with Crippen molar-refractivity contribution in [3.8, 4) is 0 Å². The molecule has 0 bridgehead atoms. The maximum Gasteiger partial charge on any atom is 0.265 e. The van der Waals surface area contributed by atoms with Crippen molar-refractivity contribution in [2.75, 3.05) is 5.32 Å². The minimum atomic E-state index is -1.77. The molecule has 0 unspecified atom stereocenters. The van der Waals surface area contributed by atoms with Crippen LogP contribution in [0.1, 0.15) is 22.3 Å². The largest absolute Gasteiger partial charge is 0.372 e. The van der Waals surface area contributed by atoms with Crippen LogP contribution < -0.4 is 5.32 Å². The summed E-state index contributed by atoms with van der Waals surface area (Å²) >= 11 is 0. The van der Waals surface area contributed by atoms with Gasteiger partial charge in [-0.3, -0.25) is 4.79 Å². The Labute approximate surface area is 148 Å². The lowest BCUT2D eigenvalue weighted by molar-refractivity contribution is -0.131. The molecule has 0 fully saturated rings. The Bertz CT molecular complexity index is 834. The van der Waals surface area contributed by atoms with E-state index in [1.54, 1.807) is 24.3 Å². The standard InChI is InChI=1S/C22H21NO2/c1-16-13-14-17(2)20(15-16)23-21(24)22(25,18-9-5-3-6-10-18)19-11-7-4-8-12-19/h3-15,25H,1-2H3,(H,23,24). The normalized spacial score (nSPS) is 11.2. The van der Waals surface area contributed by atoms with Gasteiger partial charge in [0.05, 0.1) is 0 Å². The lowest BCUT2D eigenvalue weighted by atomic mass is 9.85. The molecule has 0 saturated carbocycles. The van der Waals surface area contributed by atoms with Crippen molar-refractivity contribution in [2.24, 2.45) is 0 Å². The fourth-order valence-corrected chi connectivity index (χ4v) is 2.87. The second kappa shape index (κ2) is 6.91. The summed E-state index contributed by atoms with van der Waals surface area (Å²) in [6, 6.07) is 23.9. The second-order valence-electron chi connectivity index (χ2n) is 6.21. The predicted octanol–water partition coefficient (Wildman–Crippen LogP) is 4.18. The van der Waals surface area contributed by atoms with Gasteiger partial charge in [-0.1, -0.05) is 72.8 Å². The lowest BCUT2D eigenvalue weighted by Gasteiger charge is -2.28. The Morgan fingerprint density at radius 3 is 1.88 bits per heavy atom. The van der Waals surface area contributed by atoms with Gasteiger partial charge in [0, 0.05) is 5.69 Å². The van der Waals surface area contributed by atoms with Gasteiger partial charge < -0.3 is 10.4 Å². The zero-order valence-corrected chi connectivity index (χ0v) is 14.4. The third kappa shape index (κ3) is 3.32. The summed E-state index contributed by atoms with van der Waals surface area (Å²) in [6.45, 7) is 3.90. The minimum absolute atomic E-state index is 0.474. The van der Waals surface area contributed by atoms with E-state index in [0.29, 0.717) is 16.8 Å². The number of benzene rings is 3. The maximum atomic E-state index is 13.1. The van der Waals surface area contributed by atoms with Gasteiger partial charge in [0.15, 0.2) is 5.60 Å². The molecule has 3 rings (SSSR count). The Morgan fingerprint density at radius 2 is 1.36 bits per heavy atom. The van der Waals surface area contributed by atoms with Gasteiger partial charge in [0.2, 0.25) is 0 Å². The Balaban J connectivity index is 2.06. The van der Waals surface area contributed by atoms with Gasteiger partial charge in [-0.15, -0.1) is 0 Å². The molecule has 0 atom stereocenters. The van der Waals surface area contributed by atoms with E-state index in [0.717, 1.165) is 11.1 Å². The first-order valence-corrected chi connectivity index (χ1v) is 8.24. The van der Waals surface area contributed by atoms with Crippen LogP contribution in [0.4, 0.5) is 5.69 Å². The number of aliphatic hydroxyl groups is 1. The van der Waals surface area contributed by atoms with Crippen molar-refractivity contribution in [3.63, 3.8) is 0 Å². The van der Waals surface area contributed by atoms with Gasteiger partial charge in [-0.2, -0.15) is 0 Å². The van der Waals surface area contributed by atoms with E-state index in [-0.39, 0.29) is 0 Å². The molecular weight excluding hydrogens is 310 g/mol. The molecule has 126 valence electrons. The minimum Gasteiger partial charge on any atom is -0.372 e. The molecule has 0 heterocycles. The maximum absolute atomic E-state index is 13.1. The predicted molar refractivity (Wildman–Crippen MR) is 100 cm³/mol. The van der Waals surface area contributed by atoms with Crippen LogP contribution in [0.5, 0.6) is 0 Å². The number of rotatable bonds is 4. The smallest absolute Gasteiger partial charge is 0.265 e. The molecule has 3 aromatic rings. The molecule has 0 radical (unpaired) electrons. The van der Waals surface area contributed by atoms with Crippen LogP contribution >= 0.6 is 0 Å². The number of nitrogens with one attached hydrogen (secondary N) is 1. The van der Waals surface area contributed by atoms with Crippen molar-refractivity contribution in [3.05, 3.63) is 101 Å². The van der Waals surface area contributed by atoms with Crippen LogP contribution in [0, 0.1) is 13.8 Å². The first kappa shape index (κ1) is 16.9. The first-order chi connectivity index (χ1) is 12.0. The molecule has 25 heavy (non-hydrogen) atoms. The summed E-state index contributed by atoms with van der Waals surface area (Å²) in [5, 5.41) is 14.3. The monoisotopic (exact) mass is 331 g/mol. The van der Waals surface area contributed by atoms with Gasteiger partial charge >= 0.3 is 0 Å². The third-order valence-corrected chi connectivity index (χ3v) is 4.35. The number of hydrogen-bond donors (Lipinski definition) is 2. The highest BCUT2D eigenvalue weighted by Crippen LogP contribution is 2.31. The zero-order valence-electron chi connectivity index (χ0n) is 14.4. The topological polar surface area (TPSA) is 49.3 Å². The van der Waals surface area contributed by atoms with Crippen molar-refractivity contribution >= 4 is 11.6 Å². The highest BCUT2D eigenvalue weighted by molar-refractivity contribution is 6.00. The molecule has 1 amide bonds. The van der Waals surface area contributed by atoms with Crippen LogP contribution in [0.3, 0.4) is 0 Å². The van der Waals surface area contributed by atoms with Gasteiger partial charge in [-0.05, 0) is 42.2 Å². The summed E-state index contributed by atoms with van der Waals surface area (Å²) in [4.78, 5) is 13.1. The molecule has 3 nitrogen and oxygen atoms in total. The molecule has 0 aliphatic heterocycles. The molecule has 3 heteroatoms. The third-order valence-electron chi connectivity index (χ3n) is 4.35. The summed E-state index contributed by atoms with van der Waals surface area (Å²) < 4.78 is 0. The zero-order chi connectivity index (χ0) is 17.9. The number of aryl methyl sites for hydroxylation is 2. The molecular formula is C22H21NO2. The number of carbonyl (C=O) groups is 1. The summed E-state index contributed by atoms with van der Waals surface area (Å²) in [7, 11) is 0. The van der Waals surface area contributed by atoms with E-state index in [1.165, 1.54) is 0 Å². The van der Waals surface area contributed by atoms with Crippen molar-refractivity contribution < 1.29 is 9.90 Å². The highest BCUT2D eigenvalue weighted by Gasteiger charge is 2.40. The van der Waals surface area contributed by atoms with Crippen LogP contribution in [0.25, 0.3) is 0 Å². The van der Waals surface area contributed by atoms with Gasteiger partial charge in [-0.25, -0.2) is 0 Å². The van der Waals surface area contributed by atoms with E-state index in [9.17, 15) is 9.90 Å². The molecule has 0 saturated heterocycles. The fourth-order valence-electron chi connectivity index (χ4n) is 2.87. The molecule has 2 N–H and O–H groups in total. The second-order valence-corrected chi connectivity index (χ2v) is 6.21. The number of carbonyl (C=O) groups excluding carboxylic acids is 1. The molecule has 0 aromatic heterocycles. The van der Waals surface area contributed by atoms with Gasteiger partial charge in [0.1, 0.15) is 0 Å². The van der Waals surface area contributed by atoms with Crippen LogP contribution in [-0.2, 0) is 10.4 Å². The van der Waals surface area contributed by atoms with Crippen LogP contribution in [0.2, 0.25) is 0 Å². The summed E-state index contributed by atoms with van der Waals surface area (Å²) in [5.74, 6) is -0.474. The van der Waals surface area contributed by atoms with Crippen LogP contribution in [-0.4, -0.2) is 11.0 Å². The quantitative estimate of drug-likeness (QED) is 0.753. The average Bonchev–Trinajstić information content (AvgIpc) is 2.65. The Hall–Kier alpha value is -2.91. The van der Waals surface area contributed by atoms with E-state index < -0.39 is 11.5 Å². The highest BCUT2D eigenvalue weighted by atomic mass is 16.3. The van der Waals surface area contributed by atoms with Crippen LogP contribution in [0.15, 0.2) is 78.9 Å². The van der Waals surface area contributed by atoms with E-state index in [1.807, 2.05) is 68.4 Å². The van der Waals surface area contributed by atoms with E-state index in [2.05, 4.69) is 5.32 Å². The fraction of sp³-hybridized carbons (Fsp3) is 0.136. The van der Waals surface area contributed by atoms with Crippen molar-refractivity contribution in [1.29, 1.82) is 0 Å². The Morgan fingerprint density at radius 1 is 0.840 bits per heavy atom. The SMILES string of the molecule is Cc1ccc(C)c(NC(=O)C(O)(c2ccccc2)c2ccccc2)c1. The number of hydrogen-bond acceptors (Lipinski definition) is 2.